The van der Waals surface area contributed by atoms with Gasteiger partial charge in [-0.05, 0) is 36.7 Å². The molecule has 0 spiro atoms. The van der Waals surface area contributed by atoms with E-state index < -0.39 is 14.9 Å². The predicted octanol–water partition coefficient (Wildman–Crippen LogP) is 3.22. The van der Waals surface area contributed by atoms with Crippen LogP contribution in [0.4, 0.5) is 10.8 Å². The van der Waals surface area contributed by atoms with Crippen molar-refractivity contribution >= 4 is 43.9 Å². The highest BCUT2D eigenvalue weighted by atomic mass is 32.2. The van der Waals surface area contributed by atoms with E-state index in [2.05, 4.69) is 15.5 Å². The summed E-state index contributed by atoms with van der Waals surface area (Å²) < 4.78 is 32.7. The maximum absolute atomic E-state index is 12.7. The van der Waals surface area contributed by atoms with Gasteiger partial charge in [-0.25, -0.2) is 8.42 Å². The lowest BCUT2D eigenvalue weighted by molar-refractivity contribution is -0.388. The van der Waals surface area contributed by atoms with Crippen LogP contribution in [-0.4, -0.2) is 60.2 Å². The third-order valence-electron chi connectivity index (χ3n) is 4.58. The quantitative estimate of drug-likeness (QED) is 0.408. The Labute approximate surface area is 183 Å². The average Bonchev–Trinajstić information content (AvgIpc) is 3.39. The highest BCUT2D eigenvalue weighted by molar-refractivity contribution is 8.01. The van der Waals surface area contributed by atoms with Crippen LogP contribution in [0.15, 0.2) is 32.3 Å². The zero-order valence-corrected chi connectivity index (χ0v) is 19.1. The van der Waals surface area contributed by atoms with Crippen molar-refractivity contribution in [2.75, 3.05) is 31.6 Å². The predicted molar refractivity (Wildman–Crippen MR) is 115 cm³/mol. The van der Waals surface area contributed by atoms with Crippen LogP contribution >= 0.6 is 23.1 Å². The number of sulfonamides is 1. The van der Waals surface area contributed by atoms with E-state index in [0.29, 0.717) is 20.9 Å². The molecule has 30 heavy (non-hydrogen) atoms. The molecular formula is C17H23N5O5S3. The van der Waals surface area contributed by atoms with Crippen molar-refractivity contribution in [3.63, 3.8) is 0 Å². The average molecular weight is 474 g/mol. The molecule has 0 amide bonds. The Hall–Kier alpha value is -1.80. The third-order valence-corrected chi connectivity index (χ3v) is 8.62. The number of benzene rings is 1. The van der Waals surface area contributed by atoms with E-state index in [-0.39, 0.29) is 29.8 Å². The summed E-state index contributed by atoms with van der Waals surface area (Å²) in [5, 5.41) is 23.5. The minimum atomic E-state index is -3.79. The van der Waals surface area contributed by atoms with Crippen LogP contribution in [0.2, 0.25) is 0 Å². The van der Waals surface area contributed by atoms with Gasteiger partial charge in [0.05, 0.1) is 20.8 Å². The molecule has 0 aliphatic carbocycles. The summed E-state index contributed by atoms with van der Waals surface area (Å²) in [7, 11) is -3.79. The van der Waals surface area contributed by atoms with Crippen molar-refractivity contribution in [3.05, 3.63) is 28.3 Å². The van der Waals surface area contributed by atoms with Crippen LogP contribution in [0.5, 0.6) is 0 Å². The maximum atomic E-state index is 12.7. The van der Waals surface area contributed by atoms with Gasteiger partial charge in [0.15, 0.2) is 4.34 Å². The molecule has 13 heteroatoms. The fourth-order valence-corrected chi connectivity index (χ4v) is 6.30. The summed E-state index contributed by atoms with van der Waals surface area (Å²) in [6.07, 6.45) is 2.21. The van der Waals surface area contributed by atoms with Gasteiger partial charge in [-0.3, -0.25) is 10.1 Å². The van der Waals surface area contributed by atoms with Gasteiger partial charge in [-0.1, -0.05) is 25.2 Å². The molecule has 2 aromatic rings. The van der Waals surface area contributed by atoms with Gasteiger partial charge in [0.1, 0.15) is 0 Å². The molecule has 1 aliphatic heterocycles. The molecule has 0 radical (unpaired) electrons. The maximum Gasteiger partial charge on any atom is 0.284 e. The first-order valence-corrected chi connectivity index (χ1v) is 12.6. The number of hydrogen-bond donors (Lipinski definition) is 1. The summed E-state index contributed by atoms with van der Waals surface area (Å²) in [4.78, 5) is 11.2. The normalized spacial score (nSPS) is 16.8. The molecular weight excluding hydrogens is 450 g/mol. The van der Waals surface area contributed by atoms with Gasteiger partial charge in [0, 0.05) is 32.3 Å². The summed E-state index contributed by atoms with van der Waals surface area (Å²) in [5.74, 6) is 0. The molecule has 1 unspecified atom stereocenters. The van der Waals surface area contributed by atoms with Gasteiger partial charge in [-0.15, -0.1) is 10.2 Å². The molecule has 2 heterocycles. The Morgan fingerprint density at radius 3 is 2.77 bits per heavy atom. The molecule has 1 atom stereocenters. The zero-order valence-electron chi connectivity index (χ0n) is 16.6. The Balaban J connectivity index is 1.77. The van der Waals surface area contributed by atoms with E-state index in [1.165, 1.54) is 27.8 Å². The number of aromatic nitrogens is 2. The second-order valence-electron chi connectivity index (χ2n) is 6.47. The van der Waals surface area contributed by atoms with Crippen LogP contribution in [0, 0.1) is 10.1 Å². The zero-order chi connectivity index (χ0) is 21.7. The van der Waals surface area contributed by atoms with Gasteiger partial charge in [0.2, 0.25) is 15.2 Å². The Morgan fingerprint density at radius 2 is 2.13 bits per heavy atom. The molecule has 1 saturated heterocycles. The van der Waals surface area contributed by atoms with Crippen LogP contribution < -0.4 is 5.32 Å². The molecule has 1 aromatic heterocycles. The topological polar surface area (TPSA) is 128 Å². The smallest absolute Gasteiger partial charge is 0.284 e. The number of anilines is 1. The largest absolute Gasteiger partial charge is 0.376 e. The molecule has 10 nitrogen and oxygen atoms in total. The monoisotopic (exact) mass is 473 g/mol. The van der Waals surface area contributed by atoms with Crippen molar-refractivity contribution in [1.82, 2.24) is 14.5 Å². The lowest BCUT2D eigenvalue weighted by Gasteiger charge is -2.18. The number of nitro groups is 1. The molecule has 1 N–H and O–H groups in total. The van der Waals surface area contributed by atoms with Crippen molar-refractivity contribution in [3.8, 4) is 0 Å². The number of ether oxygens (including phenoxy) is 1. The first-order chi connectivity index (χ1) is 14.3. The molecule has 1 aromatic carbocycles. The highest BCUT2D eigenvalue weighted by Crippen LogP contribution is 2.38. The van der Waals surface area contributed by atoms with Gasteiger partial charge >= 0.3 is 0 Å². The number of nitrogens with one attached hydrogen (secondary N) is 1. The van der Waals surface area contributed by atoms with E-state index in [4.69, 9.17) is 4.74 Å². The summed E-state index contributed by atoms with van der Waals surface area (Å²) >= 11 is 2.36. The fraction of sp³-hybridized carbons (Fsp3) is 0.529. The van der Waals surface area contributed by atoms with Crippen molar-refractivity contribution in [1.29, 1.82) is 0 Å². The van der Waals surface area contributed by atoms with E-state index in [1.807, 2.05) is 0 Å². The molecule has 1 aliphatic rings. The third kappa shape index (κ3) is 5.27. The number of hydrogen-bond acceptors (Lipinski definition) is 10. The van der Waals surface area contributed by atoms with Crippen LogP contribution in [0.3, 0.4) is 0 Å². The number of nitro benzene ring substituents is 1. The van der Waals surface area contributed by atoms with E-state index in [0.717, 1.165) is 37.3 Å². The van der Waals surface area contributed by atoms with Gasteiger partial charge < -0.3 is 10.1 Å². The summed E-state index contributed by atoms with van der Waals surface area (Å²) in [6.45, 7) is 5.43. The first kappa shape index (κ1) is 22.9. The van der Waals surface area contributed by atoms with Gasteiger partial charge in [0.25, 0.3) is 5.69 Å². The second kappa shape index (κ2) is 10.0. The highest BCUT2D eigenvalue weighted by Gasteiger charge is 2.26. The van der Waals surface area contributed by atoms with E-state index in [9.17, 15) is 18.5 Å². The minimum absolute atomic E-state index is 0.0987. The first-order valence-electron chi connectivity index (χ1n) is 9.50. The van der Waals surface area contributed by atoms with Crippen LogP contribution in [0.1, 0.15) is 26.7 Å². The molecule has 0 bridgehead atoms. The van der Waals surface area contributed by atoms with Crippen molar-refractivity contribution < 1.29 is 18.1 Å². The SMILES string of the molecule is CCN(CC)S(=O)(=O)c1ccc(Sc2nnc(NCC3CCCO3)s2)c([N+](=O)[O-])c1. The number of rotatable bonds is 10. The van der Waals surface area contributed by atoms with Crippen molar-refractivity contribution in [2.24, 2.45) is 0 Å². The van der Waals surface area contributed by atoms with Crippen LogP contribution in [-0.2, 0) is 14.8 Å². The second-order valence-corrected chi connectivity index (χ2v) is 10.7. The molecule has 1 fully saturated rings. The lowest BCUT2D eigenvalue weighted by Crippen LogP contribution is -2.30. The molecule has 3 rings (SSSR count). The number of nitrogens with zero attached hydrogens (tertiary/aromatic N) is 4. The minimum Gasteiger partial charge on any atom is -0.376 e. The standard InChI is InChI=1S/C17H23N5O5S3/c1-3-21(4-2)30(25,26)13-7-8-15(14(10-13)22(23)24)28-17-20-19-16(29-17)18-11-12-6-5-9-27-12/h7-8,10,12H,3-6,9,11H2,1-2H3,(H,18,19). The van der Waals surface area contributed by atoms with E-state index in [1.54, 1.807) is 13.8 Å². The Bertz CT molecular complexity index is 987. The van der Waals surface area contributed by atoms with Crippen molar-refractivity contribution in [2.45, 2.75) is 46.9 Å². The van der Waals surface area contributed by atoms with E-state index >= 15 is 0 Å². The fourth-order valence-electron chi connectivity index (χ4n) is 3.02. The molecule has 0 saturated carbocycles. The lowest BCUT2D eigenvalue weighted by atomic mass is 10.2. The van der Waals surface area contributed by atoms with Crippen LogP contribution in [0.25, 0.3) is 0 Å². The summed E-state index contributed by atoms with van der Waals surface area (Å²) in [5.41, 5.74) is -0.280. The summed E-state index contributed by atoms with van der Waals surface area (Å²) in [6, 6.07) is 3.94. The van der Waals surface area contributed by atoms with Gasteiger partial charge in [-0.2, -0.15) is 4.31 Å². The Morgan fingerprint density at radius 1 is 1.37 bits per heavy atom. The Kier molecular flexibility index (Phi) is 7.63. The molecule has 164 valence electrons.